The summed E-state index contributed by atoms with van der Waals surface area (Å²) in [6, 6.07) is 16.7. The van der Waals surface area contributed by atoms with Gasteiger partial charge in [-0.1, -0.05) is 24.3 Å². The Bertz CT molecular complexity index is 810. The van der Waals surface area contributed by atoms with Crippen LogP contribution in [0.4, 0.5) is 4.39 Å². The molecule has 3 nitrogen and oxygen atoms in total. The Labute approximate surface area is 169 Å². The summed E-state index contributed by atoms with van der Waals surface area (Å²) in [4.78, 5) is 1.18. The predicted octanol–water partition coefficient (Wildman–Crippen LogP) is 5.23. The Kier molecular flexibility index (Phi) is 8.58. The normalized spacial score (nSPS) is 10.3. The summed E-state index contributed by atoms with van der Waals surface area (Å²) in [5, 5.41) is 5.44. The van der Waals surface area contributed by atoms with Crippen molar-refractivity contribution >= 4 is 23.7 Å². The zero-order valence-electron chi connectivity index (χ0n) is 15.1. The van der Waals surface area contributed by atoms with Crippen molar-refractivity contribution in [2.45, 2.75) is 19.6 Å². The maximum absolute atomic E-state index is 12.9. The van der Waals surface area contributed by atoms with E-state index < -0.39 is 0 Å². The third-order valence-corrected chi connectivity index (χ3v) is 4.86. The molecule has 0 spiro atoms. The summed E-state index contributed by atoms with van der Waals surface area (Å²) >= 11 is 1.67. The third kappa shape index (κ3) is 6.54. The number of thiophene rings is 1. The van der Waals surface area contributed by atoms with Crippen LogP contribution >= 0.6 is 23.7 Å². The standard InChI is InChI=1S/C21H22FNO2S.ClH/c1-24-21-13-17(6-9-20(21)25-15-19-3-2-12-26-19)14-23-11-10-16-4-7-18(22)8-5-16;/h2-9,12-13,23H,10-11,14-15H2,1H3;1H. The Morgan fingerprint density at radius 1 is 1.00 bits per heavy atom. The molecule has 0 saturated heterocycles. The van der Waals surface area contributed by atoms with Crippen molar-refractivity contribution in [1.82, 2.24) is 5.32 Å². The first-order valence-corrected chi connectivity index (χ1v) is 9.40. The van der Waals surface area contributed by atoms with E-state index in [4.69, 9.17) is 9.47 Å². The van der Waals surface area contributed by atoms with Gasteiger partial charge in [-0.25, -0.2) is 4.39 Å². The first-order chi connectivity index (χ1) is 12.7. The maximum atomic E-state index is 12.9. The molecule has 27 heavy (non-hydrogen) atoms. The summed E-state index contributed by atoms with van der Waals surface area (Å²) in [6.45, 7) is 2.11. The van der Waals surface area contributed by atoms with Gasteiger partial charge in [0.05, 0.1) is 7.11 Å². The predicted molar refractivity (Wildman–Crippen MR) is 111 cm³/mol. The van der Waals surface area contributed by atoms with Crippen LogP contribution in [0.25, 0.3) is 0 Å². The topological polar surface area (TPSA) is 30.5 Å². The number of ether oxygens (including phenoxy) is 2. The van der Waals surface area contributed by atoms with E-state index in [0.717, 1.165) is 42.1 Å². The van der Waals surface area contributed by atoms with Crippen LogP contribution in [0.5, 0.6) is 11.5 Å². The first kappa shape index (κ1) is 21.2. The molecular formula is C21H23ClFNO2S. The van der Waals surface area contributed by atoms with E-state index in [0.29, 0.717) is 6.61 Å². The fourth-order valence-electron chi connectivity index (χ4n) is 2.60. The summed E-state index contributed by atoms with van der Waals surface area (Å²) in [5.41, 5.74) is 2.25. The second-order valence-electron chi connectivity index (χ2n) is 5.91. The summed E-state index contributed by atoms with van der Waals surface area (Å²) < 4.78 is 24.2. The largest absolute Gasteiger partial charge is 0.493 e. The van der Waals surface area contributed by atoms with E-state index in [9.17, 15) is 4.39 Å². The Morgan fingerprint density at radius 3 is 2.48 bits per heavy atom. The minimum atomic E-state index is -0.199. The van der Waals surface area contributed by atoms with Crippen LogP contribution in [0, 0.1) is 5.82 Å². The lowest BCUT2D eigenvalue weighted by Crippen LogP contribution is -2.16. The lowest BCUT2D eigenvalue weighted by molar-refractivity contribution is 0.287. The molecule has 6 heteroatoms. The van der Waals surface area contributed by atoms with Crippen LogP contribution in [0.3, 0.4) is 0 Å². The minimum absolute atomic E-state index is 0. The zero-order chi connectivity index (χ0) is 18.2. The second-order valence-corrected chi connectivity index (χ2v) is 6.94. The monoisotopic (exact) mass is 407 g/mol. The van der Waals surface area contributed by atoms with Crippen molar-refractivity contribution in [3.63, 3.8) is 0 Å². The van der Waals surface area contributed by atoms with Crippen molar-refractivity contribution in [1.29, 1.82) is 0 Å². The number of benzene rings is 2. The van der Waals surface area contributed by atoms with Crippen molar-refractivity contribution in [3.05, 3.63) is 81.8 Å². The van der Waals surface area contributed by atoms with Crippen LogP contribution < -0.4 is 14.8 Å². The highest BCUT2D eigenvalue weighted by Gasteiger charge is 2.07. The van der Waals surface area contributed by atoms with Gasteiger partial charge in [-0.05, 0) is 59.8 Å². The van der Waals surface area contributed by atoms with E-state index in [1.807, 2.05) is 41.8 Å². The molecule has 0 bridgehead atoms. The number of nitrogens with one attached hydrogen (secondary N) is 1. The highest BCUT2D eigenvalue weighted by molar-refractivity contribution is 7.09. The SMILES string of the molecule is COc1cc(CNCCc2ccc(F)cc2)ccc1OCc1cccs1.Cl. The van der Waals surface area contributed by atoms with Gasteiger partial charge in [0.25, 0.3) is 0 Å². The number of methoxy groups -OCH3 is 1. The van der Waals surface area contributed by atoms with E-state index in [1.54, 1.807) is 18.4 Å². The first-order valence-electron chi connectivity index (χ1n) is 8.52. The van der Waals surface area contributed by atoms with Gasteiger partial charge in [-0.15, -0.1) is 23.7 Å². The van der Waals surface area contributed by atoms with Gasteiger partial charge in [-0.2, -0.15) is 0 Å². The molecule has 0 aliphatic rings. The molecule has 3 rings (SSSR count). The molecule has 0 fully saturated rings. The van der Waals surface area contributed by atoms with Crippen LogP contribution in [0.15, 0.2) is 60.0 Å². The highest BCUT2D eigenvalue weighted by Crippen LogP contribution is 2.29. The van der Waals surface area contributed by atoms with E-state index in [-0.39, 0.29) is 18.2 Å². The molecule has 0 atom stereocenters. The van der Waals surface area contributed by atoms with Gasteiger partial charge in [-0.3, -0.25) is 0 Å². The van der Waals surface area contributed by atoms with Crippen LogP contribution in [0.1, 0.15) is 16.0 Å². The molecule has 1 aromatic heterocycles. The maximum Gasteiger partial charge on any atom is 0.161 e. The minimum Gasteiger partial charge on any atom is -0.493 e. The molecule has 0 unspecified atom stereocenters. The zero-order valence-corrected chi connectivity index (χ0v) is 16.7. The van der Waals surface area contributed by atoms with Gasteiger partial charge in [0.15, 0.2) is 11.5 Å². The summed E-state index contributed by atoms with van der Waals surface area (Å²) in [5.74, 6) is 1.28. The molecule has 0 amide bonds. The van der Waals surface area contributed by atoms with E-state index in [1.165, 1.54) is 17.0 Å². The smallest absolute Gasteiger partial charge is 0.161 e. The lowest BCUT2D eigenvalue weighted by Gasteiger charge is -2.12. The lowest BCUT2D eigenvalue weighted by atomic mass is 10.1. The van der Waals surface area contributed by atoms with Crippen LogP contribution in [-0.4, -0.2) is 13.7 Å². The van der Waals surface area contributed by atoms with Crippen molar-refractivity contribution in [2.75, 3.05) is 13.7 Å². The average Bonchev–Trinajstić information content (AvgIpc) is 3.19. The van der Waals surface area contributed by atoms with Crippen LogP contribution in [0.2, 0.25) is 0 Å². The van der Waals surface area contributed by atoms with Crippen LogP contribution in [-0.2, 0) is 19.6 Å². The van der Waals surface area contributed by atoms with Crippen molar-refractivity contribution < 1.29 is 13.9 Å². The van der Waals surface area contributed by atoms with Gasteiger partial charge < -0.3 is 14.8 Å². The molecule has 1 N–H and O–H groups in total. The van der Waals surface area contributed by atoms with E-state index >= 15 is 0 Å². The molecule has 0 radical (unpaired) electrons. The molecule has 0 aliphatic carbocycles. The van der Waals surface area contributed by atoms with Crippen molar-refractivity contribution in [3.8, 4) is 11.5 Å². The highest BCUT2D eigenvalue weighted by atomic mass is 35.5. The van der Waals surface area contributed by atoms with Gasteiger partial charge in [0.2, 0.25) is 0 Å². The molecule has 1 heterocycles. The van der Waals surface area contributed by atoms with Crippen molar-refractivity contribution in [2.24, 2.45) is 0 Å². The molecule has 2 aromatic carbocycles. The number of halogens is 2. The van der Waals surface area contributed by atoms with Gasteiger partial charge >= 0.3 is 0 Å². The Morgan fingerprint density at radius 2 is 1.78 bits per heavy atom. The molecular weight excluding hydrogens is 385 g/mol. The molecule has 0 aliphatic heterocycles. The quantitative estimate of drug-likeness (QED) is 0.493. The Balaban J connectivity index is 0.00000261. The number of hydrogen-bond acceptors (Lipinski definition) is 4. The summed E-state index contributed by atoms with van der Waals surface area (Å²) in [7, 11) is 1.65. The molecule has 0 saturated carbocycles. The summed E-state index contributed by atoms with van der Waals surface area (Å²) in [6.07, 6.45) is 0.861. The second kappa shape index (κ2) is 10.9. The average molecular weight is 408 g/mol. The van der Waals surface area contributed by atoms with E-state index in [2.05, 4.69) is 11.4 Å². The number of hydrogen-bond donors (Lipinski definition) is 1. The Hall–Kier alpha value is -2.08. The number of rotatable bonds is 9. The fraction of sp³-hybridized carbons (Fsp3) is 0.238. The fourth-order valence-corrected chi connectivity index (χ4v) is 3.22. The molecule has 3 aromatic rings. The van der Waals surface area contributed by atoms with Gasteiger partial charge in [0, 0.05) is 11.4 Å². The molecule has 144 valence electrons. The third-order valence-electron chi connectivity index (χ3n) is 4.01. The van der Waals surface area contributed by atoms with Gasteiger partial charge in [0.1, 0.15) is 12.4 Å².